The molecule has 0 saturated heterocycles. The first-order valence-corrected chi connectivity index (χ1v) is 8.13. The first-order chi connectivity index (χ1) is 10.2. The Morgan fingerprint density at radius 1 is 1.19 bits per heavy atom. The molecule has 0 radical (unpaired) electrons. The van der Waals surface area contributed by atoms with Gasteiger partial charge in [-0.2, -0.15) is 0 Å². The SMILES string of the molecule is CCNC(c1ccn(Cc2c(C)cccc2C)c1)C1CC1. The van der Waals surface area contributed by atoms with Crippen molar-refractivity contribution in [3.05, 3.63) is 58.9 Å². The summed E-state index contributed by atoms with van der Waals surface area (Å²) in [4.78, 5) is 0. The maximum atomic E-state index is 3.65. The zero-order valence-electron chi connectivity index (χ0n) is 13.4. The molecule has 1 unspecified atom stereocenters. The predicted octanol–water partition coefficient (Wildman–Crippen LogP) is 4.21. The summed E-state index contributed by atoms with van der Waals surface area (Å²) in [6.07, 6.45) is 7.31. The van der Waals surface area contributed by atoms with E-state index in [1.165, 1.54) is 35.1 Å². The van der Waals surface area contributed by atoms with Gasteiger partial charge in [-0.3, -0.25) is 0 Å². The van der Waals surface area contributed by atoms with Gasteiger partial charge < -0.3 is 9.88 Å². The van der Waals surface area contributed by atoms with E-state index in [1.807, 2.05) is 0 Å². The summed E-state index contributed by atoms with van der Waals surface area (Å²) >= 11 is 0. The van der Waals surface area contributed by atoms with Crippen LogP contribution >= 0.6 is 0 Å². The van der Waals surface area contributed by atoms with Gasteiger partial charge in [-0.15, -0.1) is 0 Å². The summed E-state index contributed by atoms with van der Waals surface area (Å²) in [5.41, 5.74) is 5.67. The molecule has 0 aliphatic heterocycles. The fraction of sp³-hybridized carbons (Fsp3) is 0.474. The van der Waals surface area contributed by atoms with Crippen molar-refractivity contribution in [2.75, 3.05) is 6.54 Å². The third-order valence-electron chi connectivity index (χ3n) is 4.64. The molecule has 0 amide bonds. The largest absolute Gasteiger partial charge is 0.350 e. The highest BCUT2D eigenvalue weighted by Gasteiger charge is 2.32. The van der Waals surface area contributed by atoms with Gasteiger partial charge in [0.25, 0.3) is 0 Å². The zero-order chi connectivity index (χ0) is 14.8. The monoisotopic (exact) mass is 282 g/mol. The molecule has 112 valence electrons. The molecule has 21 heavy (non-hydrogen) atoms. The number of benzene rings is 1. The Hall–Kier alpha value is -1.54. The highest BCUT2D eigenvalue weighted by Crippen LogP contribution is 2.41. The van der Waals surface area contributed by atoms with Crippen molar-refractivity contribution in [1.29, 1.82) is 0 Å². The van der Waals surface area contributed by atoms with E-state index in [4.69, 9.17) is 0 Å². The summed E-state index contributed by atoms with van der Waals surface area (Å²) in [6, 6.07) is 9.40. The molecule has 1 fully saturated rings. The number of aromatic nitrogens is 1. The second-order valence-electron chi connectivity index (χ2n) is 6.36. The summed E-state index contributed by atoms with van der Waals surface area (Å²) in [5, 5.41) is 3.65. The average molecular weight is 282 g/mol. The fourth-order valence-corrected chi connectivity index (χ4v) is 3.23. The molecule has 1 atom stereocenters. The van der Waals surface area contributed by atoms with Gasteiger partial charge in [-0.05, 0) is 67.5 Å². The molecule has 0 spiro atoms. The highest BCUT2D eigenvalue weighted by atomic mass is 15.0. The van der Waals surface area contributed by atoms with Gasteiger partial charge in [0.15, 0.2) is 0 Å². The molecule has 1 N–H and O–H groups in total. The van der Waals surface area contributed by atoms with Gasteiger partial charge >= 0.3 is 0 Å². The number of nitrogens with one attached hydrogen (secondary N) is 1. The van der Waals surface area contributed by atoms with Crippen molar-refractivity contribution in [3.63, 3.8) is 0 Å². The predicted molar refractivity (Wildman–Crippen MR) is 88.6 cm³/mol. The molecule has 1 aliphatic carbocycles. The van der Waals surface area contributed by atoms with Gasteiger partial charge in [0, 0.05) is 25.0 Å². The van der Waals surface area contributed by atoms with E-state index in [0.29, 0.717) is 6.04 Å². The smallest absolute Gasteiger partial charge is 0.0475 e. The molecule has 1 heterocycles. The minimum atomic E-state index is 0.550. The molecule has 1 aromatic carbocycles. The number of nitrogens with zero attached hydrogens (tertiary/aromatic N) is 1. The molecule has 2 aromatic rings. The molecule has 0 bridgehead atoms. The van der Waals surface area contributed by atoms with Crippen molar-refractivity contribution in [1.82, 2.24) is 9.88 Å². The summed E-state index contributed by atoms with van der Waals surface area (Å²) in [5.74, 6) is 0.848. The van der Waals surface area contributed by atoms with Crippen molar-refractivity contribution in [2.45, 2.75) is 46.2 Å². The maximum absolute atomic E-state index is 3.65. The van der Waals surface area contributed by atoms with Crippen LogP contribution in [0.1, 0.15) is 48.1 Å². The van der Waals surface area contributed by atoms with E-state index in [1.54, 1.807) is 0 Å². The lowest BCUT2D eigenvalue weighted by Crippen LogP contribution is -2.22. The lowest BCUT2D eigenvalue weighted by Gasteiger charge is -2.16. The van der Waals surface area contributed by atoms with Crippen LogP contribution < -0.4 is 5.32 Å². The normalized spacial score (nSPS) is 16.1. The summed E-state index contributed by atoms with van der Waals surface area (Å²) in [7, 11) is 0. The van der Waals surface area contributed by atoms with Crippen LogP contribution in [0.4, 0.5) is 0 Å². The molecule has 2 nitrogen and oxygen atoms in total. The maximum Gasteiger partial charge on any atom is 0.0475 e. The van der Waals surface area contributed by atoms with Crippen LogP contribution in [0, 0.1) is 19.8 Å². The number of rotatable bonds is 6. The number of aryl methyl sites for hydroxylation is 2. The Morgan fingerprint density at radius 2 is 1.90 bits per heavy atom. The van der Waals surface area contributed by atoms with Gasteiger partial charge in [-0.1, -0.05) is 25.1 Å². The lowest BCUT2D eigenvalue weighted by molar-refractivity contribution is 0.495. The van der Waals surface area contributed by atoms with Crippen molar-refractivity contribution >= 4 is 0 Å². The van der Waals surface area contributed by atoms with Gasteiger partial charge in [0.2, 0.25) is 0 Å². The van der Waals surface area contributed by atoms with Crippen LogP contribution in [-0.2, 0) is 6.54 Å². The number of hydrogen-bond donors (Lipinski definition) is 1. The summed E-state index contributed by atoms with van der Waals surface area (Å²) < 4.78 is 2.33. The minimum absolute atomic E-state index is 0.550. The first-order valence-electron chi connectivity index (χ1n) is 8.13. The van der Waals surface area contributed by atoms with E-state index in [9.17, 15) is 0 Å². The van der Waals surface area contributed by atoms with Gasteiger partial charge in [-0.25, -0.2) is 0 Å². The molecule has 3 rings (SSSR count). The Balaban J connectivity index is 1.78. The first kappa shape index (κ1) is 14.4. The Bertz CT molecular complexity index is 588. The molecule has 1 aromatic heterocycles. The van der Waals surface area contributed by atoms with E-state index >= 15 is 0 Å². The van der Waals surface area contributed by atoms with E-state index in [0.717, 1.165) is 19.0 Å². The molecule has 1 aliphatic rings. The van der Waals surface area contributed by atoms with Crippen molar-refractivity contribution < 1.29 is 0 Å². The third-order valence-corrected chi connectivity index (χ3v) is 4.64. The van der Waals surface area contributed by atoms with Gasteiger partial charge in [0.05, 0.1) is 0 Å². The molecule has 1 saturated carbocycles. The van der Waals surface area contributed by atoms with E-state index < -0.39 is 0 Å². The van der Waals surface area contributed by atoms with Crippen LogP contribution in [0.5, 0.6) is 0 Å². The Labute approximate surface area is 128 Å². The van der Waals surface area contributed by atoms with E-state index in [2.05, 4.69) is 67.3 Å². The summed E-state index contributed by atoms with van der Waals surface area (Å²) in [6.45, 7) is 8.63. The van der Waals surface area contributed by atoms with Crippen LogP contribution in [0.2, 0.25) is 0 Å². The fourth-order valence-electron chi connectivity index (χ4n) is 3.23. The minimum Gasteiger partial charge on any atom is -0.350 e. The van der Waals surface area contributed by atoms with Gasteiger partial charge in [0.1, 0.15) is 0 Å². The molecular formula is C19H26N2. The van der Waals surface area contributed by atoms with Crippen molar-refractivity contribution in [3.8, 4) is 0 Å². The molecular weight excluding hydrogens is 256 g/mol. The highest BCUT2D eigenvalue weighted by molar-refractivity contribution is 5.34. The zero-order valence-corrected chi connectivity index (χ0v) is 13.4. The average Bonchev–Trinajstić information content (AvgIpc) is 3.19. The van der Waals surface area contributed by atoms with E-state index in [-0.39, 0.29) is 0 Å². The van der Waals surface area contributed by atoms with Crippen LogP contribution in [0.3, 0.4) is 0 Å². The standard InChI is InChI=1S/C19H26N2/c1-4-20-19(16-8-9-16)17-10-11-21(12-17)13-18-14(2)6-5-7-15(18)3/h5-7,10-12,16,19-20H,4,8-9,13H2,1-3H3. The second kappa shape index (κ2) is 6.07. The topological polar surface area (TPSA) is 17.0 Å². The molecule has 2 heteroatoms. The Morgan fingerprint density at radius 3 is 2.52 bits per heavy atom. The quantitative estimate of drug-likeness (QED) is 0.839. The van der Waals surface area contributed by atoms with Crippen LogP contribution in [0.15, 0.2) is 36.7 Å². The third kappa shape index (κ3) is 3.21. The number of hydrogen-bond acceptors (Lipinski definition) is 1. The second-order valence-corrected chi connectivity index (χ2v) is 6.36. The van der Waals surface area contributed by atoms with Crippen molar-refractivity contribution in [2.24, 2.45) is 5.92 Å². The van der Waals surface area contributed by atoms with Crippen LogP contribution in [-0.4, -0.2) is 11.1 Å². The van der Waals surface area contributed by atoms with Crippen LogP contribution in [0.25, 0.3) is 0 Å². The Kier molecular flexibility index (Phi) is 4.16. The lowest BCUT2D eigenvalue weighted by atomic mass is 10.0.